The molecular formula is C29H28FN8O+. The fraction of sp³-hybridized carbons (Fsp3) is 0.276. The number of fused-ring (bicyclic) bond motifs is 2. The maximum Gasteiger partial charge on any atom is 0.445 e. The number of nitrogens with zero attached hydrogens (tertiary/aromatic N) is 6. The molecule has 1 aliphatic rings. The topological polar surface area (TPSA) is 120 Å². The summed E-state index contributed by atoms with van der Waals surface area (Å²) in [5, 5.41) is 11.5. The van der Waals surface area contributed by atoms with Crippen LogP contribution >= 0.6 is 0 Å². The van der Waals surface area contributed by atoms with Crippen LogP contribution in [0.25, 0.3) is 21.9 Å². The molecule has 6 rings (SSSR count). The summed E-state index contributed by atoms with van der Waals surface area (Å²) in [6.45, 7) is 3.41. The molecule has 3 aromatic heterocycles. The number of aromatic nitrogens is 5. The molecule has 1 atom stereocenters. The second-order valence-electron chi connectivity index (χ2n) is 10.0. The number of nitrogens with one attached hydrogen (secondary N) is 1. The lowest BCUT2D eigenvalue weighted by Gasteiger charge is -2.29. The molecule has 0 aliphatic carbocycles. The number of hydrogen-bond donors (Lipinski definition) is 2. The zero-order valence-corrected chi connectivity index (χ0v) is 21.6. The Morgan fingerprint density at radius 2 is 2.05 bits per heavy atom. The van der Waals surface area contributed by atoms with Gasteiger partial charge in [-0.15, -0.1) is 0 Å². The van der Waals surface area contributed by atoms with E-state index in [9.17, 15) is 14.4 Å². The fourth-order valence-corrected chi connectivity index (χ4v) is 5.55. The third-order valence-electron chi connectivity index (χ3n) is 7.37. The molecule has 1 fully saturated rings. The van der Waals surface area contributed by atoms with E-state index in [4.69, 9.17) is 15.7 Å². The molecule has 9 nitrogen and oxygen atoms in total. The molecule has 5 aromatic rings. The fourth-order valence-electron chi connectivity index (χ4n) is 5.55. The number of para-hydroxylation sites is 1. The van der Waals surface area contributed by atoms with Crippen LogP contribution in [0, 0.1) is 24.1 Å². The molecule has 1 saturated heterocycles. The summed E-state index contributed by atoms with van der Waals surface area (Å²) in [5.41, 5.74) is 9.04. The van der Waals surface area contributed by atoms with Crippen molar-refractivity contribution in [3.63, 3.8) is 0 Å². The maximum absolute atomic E-state index is 14.3. The average molecular weight is 524 g/mol. The number of H-pyrrole nitrogens is 1. The first-order chi connectivity index (χ1) is 18.9. The van der Waals surface area contributed by atoms with Crippen LogP contribution in [0.3, 0.4) is 0 Å². The van der Waals surface area contributed by atoms with Gasteiger partial charge in [0.2, 0.25) is 5.82 Å². The Labute approximate surface area is 224 Å². The van der Waals surface area contributed by atoms with E-state index in [2.05, 4.69) is 16.0 Å². The highest BCUT2D eigenvalue weighted by Crippen LogP contribution is 2.25. The van der Waals surface area contributed by atoms with Crippen LogP contribution in [0.1, 0.15) is 35.5 Å². The first-order valence-corrected chi connectivity index (χ1v) is 13.0. The molecule has 3 N–H and O–H groups in total. The van der Waals surface area contributed by atoms with E-state index in [1.165, 1.54) is 18.2 Å². The van der Waals surface area contributed by atoms with Crippen LogP contribution in [0.2, 0.25) is 0 Å². The Balaban J connectivity index is 1.56. The van der Waals surface area contributed by atoms with Crippen LogP contribution < -0.4 is 20.9 Å². The van der Waals surface area contributed by atoms with Gasteiger partial charge in [-0.1, -0.05) is 18.2 Å². The lowest BCUT2D eigenvalue weighted by Crippen LogP contribution is -2.60. The number of nitriles is 1. The minimum absolute atomic E-state index is 0.0264. The molecule has 0 saturated carbocycles. The smallest absolute Gasteiger partial charge is 0.335 e. The number of piperidine rings is 1. The lowest BCUT2D eigenvalue weighted by atomic mass is 10.1. The number of halogens is 1. The van der Waals surface area contributed by atoms with Crippen molar-refractivity contribution < 1.29 is 8.96 Å². The van der Waals surface area contributed by atoms with E-state index >= 15 is 0 Å². The minimum Gasteiger partial charge on any atom is -0.335 e. The Kier molecular flexibility index (Phi) is 6.29. The summed E-state index contributed by atoms with van der Waals surface area (Å²) >= 11 is 0. The van der Waals surface area contributed by atoms with Crippen molar-refractivity contribution in [1.29, 1.82) is 5.26 Å². The van der Waals surface area contributed by atoms with Crippen molar-refractivity contribution >= 4 is 27.8 Å². The summed E-state index contributed by atoms with van der Waals surface area (Å²) in [7, 11) is 0. The molecule has 0 amide bonds. The van der Waals surface area contributed by atoms with Crippen molar-refractivity contribution in [2.24, 2.45) is 5.73 Å². The van der Waals surface area contributed by atoms with E-state index in [0.717, 1.165) is 41.4 Å². The molecule has 0 spiro atoms. The van der Waals surface area contributed by atoms with Gasteiger partial charge in [0.05, 0.1) is 30.2 Å². The van der Waals surface area contributed by atoms with Crippen LogP contribution in [0.15, 0.2) is 59.5 Å². The van der Waals surface area contributed by atoms with Gasteiger partial charge in [0.15, 0.2) is 11.5 Å². The molecule has 0 radical (unpaired) electrons. The summed E-state index contributed by atoms with van der Waals surface area (Å²) < 4.78 is 17.5. The van der Waals surface area contributed by atoms with Crippen molar-refractivity contribution in [2.45, 2.75) is 38.9 Å². The first kappa shape index (κ1) is 24.7. The van der Waals surface area contributed by atoms with Crippen LogP contribution in [-0.4, -0.2) is 38.7 Å². The number of aromatic amines is 1. The van der Waals surface area contributed by atoms with Gasteiger partial charge in [0.25, 0.3) is 0 Å². The lowest BCUT2D eigenvalue weighted by molar-refractivity contribution is -0.693. The molecule has 10 heteroatoms. The third kappa shape index (κ3) is 4.51. The quantitative estimate of drug-likeness (QED) is 0.342. The van der Waals surface area contributed by atoms with Gasteiger partial charge in [-0.2, -0.15) is 9.83 Å². The maximum atomic E-state index is 14.3. The Morgan fingerprint density at radius 3 is 2.87 bits per heavy atom. The first-order valence-electron chi connectivity index (χ1n) is 13.0. The highest BCUT2D eigenvalue weighted by Gasteiger charge is 2.31. The zero-order chi connectivity index (χ0) is 27.1. The van der Waals surface area contributed by atoms with E-state index in [1.54, 1.807) is 15.3 Å². The predicted octanol–water partition coefficient (Wildman–Crippen LogP) is 2.90. The third-order valence-corrected chi connectivity index (χ3v) is 7.37. The molecule has 0 bridgehead atoms. The largest absolute Gasteiger partial charge is 0.445 e. The van der Waals surface area contributed by atoms with Gasteiger partial charge in [0.1, 0.15) is 24.3 Å². The second kappa shape index (κ2) is 9.93. The predicted molar refractivity (Wildman–Crippen MR) is 146 cm³/mol. The Bertz CT molecular complexity index is 1820. The molecular weight excluding hydrogens is 495 g/mol. The number of rotatable bonds is 5. The molecule has 4 heterocycles. The summed E-state index contributed by atoms with van der Waals surface area (Å²) in [6, 6.07) is 15.8. The SMILES string of the molecule is Cc1nc(Cn2c(=O)[n+](Cc3cc(F)ccc3C#N)c(N3CCCC(N)C3)c3cc[nH]c32)nc2ccccc12. The van der Waals surface area contributed by atoms with Crippen molar-refractivity contribution in [1.82, 2.24) is 19.5 Å². The van der Waals surface area contributed by atoms with Gasteiger partial charge >= 0.3 is 5.69 Å². The number of nitrogens with two attached hydrogens (primary N) is 1. The minimum atomic E-state index is -0.464. The molecule has 39 heavy (non-hydrogen) atoms. The standard InChI is InChI=1S/C29H27FN8O/c1-18-23-6-2-3-7-25(23)35-26(34-18)17-37-27-24(10-11-33-27)28(36-12-4-5-22(32)16-36)38(29(37)39)15-20-13-21(30)9-8-19(20)14-31/h2-3,6-11,13,22H,4-5,12,15-17,32H2,1H3/p+1. The van der Waals surface area contributed by atoms with Gasteiger partial charge in [-0.25, -0.2) is 23.7 Å². The number of hydrogen-bond acceptors (Lipinski definition) is 6. The molecule has 196 valence electrons. The molecule has 2 aromatic carbocycles. The van der Waals surface area contributed by atoms with Gasteiger partial charge in [-0.3, -0.25) is 4.90 Å². The number of benzene rings is 2. The highest BCUT2D eigenvalue weighted by atomic mass is 19.1. The van der Waals surface area contributed by atoms with Gasteiger partial charge in [0, 0.05) is 28.9 Å². The number of aryl methyl sites for hydroxylation is 1. The second-order valence-corrected chi connectivity index (χ2v) is 10.0. The van der Waals surface area contributed by atoms with Crippen molar-refractivity contribution in [3.05, 3.63) is 93.7 Å². The number of anilines is 1. The van der Waals surface area contributed by atoms with Gasteiger partial charge in [-0.05, 0) is 50.1 Å². The molecule has 1 unspecified atom stereocenters. The average Bonchev–Trinajstić information content (AvgIpc) is 3.41. The van der Waals surface area contributed by atoms with E-state index in [-0.39, 0.29) is 24.8 Å². The normalized spacial score (nSPS) is 15.6. The zero-order valence-electron chi connectivity index (χ0n) is 21.6. The Morgan fingerprint density at radius 1 is 1.21 bits per heavy atom. The monoisotopic (exact) mass is 523 g/mol. The summed E-state index contributed by atoms with van der Waals surface area (Å²) in [6.07, 6.45) is 3.60. The van der Waals surface area contributed by atoms with Gasteiger partial charge < -0.3 is 10.7 Å². The summed E-state index contributed by atoms with van der Waals surface area (Å²) in [4.78, 5) is 29.1. The highest BCUT2D eigenvalue weighted by molar-refractivity contribution is 5.86. The van der Waals surface area contributed by atoms with Crippen LogP contribution in [0.5, 0.6) is 0 Å². The van der Waals surface area contributed by atoms with Crippen molar-refractivity contribution in [3.8, 4) is 6.07 Å². The van der Waals surface area contributed by atoms with E-state index < -0.39 is 5.82 Å². The molecule has 1 aliphatic heterocycles. The van der Waals surface area contributed by atoms with E-state index in [0.29, 0.717) is 35.0 Å². The van der Waals surface area contributed by atoms with Crippen molar-refractivity contribution in [2.75, 3.05) is 18.0 Å². The summed E-state index contributed by atoms with van der Waals surface area (Å²) in [5.74, 6) is 0.743. The van der Waals surface area contributed by atoms with Crippen LogP contribution in [-0.2, 0) is 13.1 Å². The van der Waals surface area contributed by atoms with Crippen LogP contribution in [0.4, 0.5) is 10.2 Å². The van der Waals surface area contributed by atoms with E-state index in [1.807, 2.05) is 37.3 Å². The Hall–Kier alpha value is -4.62.